The largest absolute Gasteiger partial charge is 0.325 e. The molecule has 116 valence electrons. The molecule has 1 amide bonds. The van der Waals surface area contributed by atoms with Crippen molar-refractivity contribution < 1.29 is 13.6 Å². The van der Waals surface area contributed by atoms with Crippen LogP contribution in [0.2, 0.25) is 0 Å². The molecule has 2 aromatic carbocycles. The van der Waals surface area contributed by atoms with Crippen molar-refractivity contribution in [1.82, 2.24) is 0 Å². The van der Waals surface area contributed by atoms with Crippen LogP contribution in [0.25, 0.3) is 0 Å². The molecule has 0 aliphatic carbocycles. The molecule has 0 heterocycles. The predicted molar refractivity (Wildman–Crippen MR) is 86.2 cm³/mol. The molecule has 0 saturated carbocycles. The molecule has 1 N–H and O–H groups in total. The van der Waals surface area contributed by atoms with Crippen molar-refractivity contribution in [2.45, 2.75) is 30.9 Å². The normalized spacial score (nSPS) is 12.0. The molecule has 2 nitrogen and oxygen atoms in total. The number of nitrogens with one attached hydrogen (secondary N) is 1. The summed E-state index contributed by atoms with van der Waals surface area (Å²) in [6.07, 6.45) is 0. The fourth-order valence-corrected chi connectivity index (χ4v) is 2.78. The monoisotopic (exact) mass is 321 g/mol. The van der Waals surface area contributed by atoms with Gasteiger partial charge in [-0.1, -0.05) is 12.1 Å². The van der Waals surface area contributed by atoms with E-state index in [4.69, 9.17) is 0 Å². The van der Waals surface area contributed by atoms with Gasteiger partial charge >= 0.3 is 0 Å². The number of carbonyl (C=O) groups is 1. The van der Waals surface area contributed by atoms with Gasteiger partial charge < -0.3 is 5.32 Å². The van der Waals surface area contributed by atoms with Gasteiger partial charge in [0.15, 0.2) is 0 Å². The average molecular weight is 321 g/mol. The number of carbonyl (C=O) groups excluding carboxylic acids is 1. The smallest absolute Gasteiger partial charge is 0.237 e. The minimum absolute atomic E-state index is 0.220. The Labute approximate surface area is 132 Å². The van der Waals surface area contributed by atoms with Crippen LogP contribution < -0.4 is 5.32 Å². The van der Waals surface area contributed by atoms with E-state index in [0.717, 1.165) is 34.6 Å². The second-order valence-corrected chi connectivity index (χ2v) is 6.53. The van der Waals surface area contributed by atoms with Crippen molar-refractivity contribution in [2.75, 3.05) is 5.32 Å². The van der Waals surface area contributed by atoms with E-state index in [1.807, 2.05) is 32.0 Å². The van der Waals surface area contributed by atoms with Gasteiger partial charge in [0, 0.05) is 16.6 Å². The summed E-state index contributed by atoms with van der Waals surface area (Å²) in [6, 6.07) is 9.14. The van der Waals surface area contributed by atoms with Gasteiger partial charge in [-0.3, -0.25) is 4.79 Å². The first-order valence-electron chi connectivity index (χ1n) is 6.86. The molecule has 0 unspecified atom stereocenters. The Hall–Kier alpha value is -1.88. The summed E-state index contributed by atoms with van der Waals surface area (Å²) >= 11 is 1.06. The molecule has 0 aromatic heterocycles. The Balaban J connectivity index is 2.07. The molecular weight excluding hydrogens is 304 g/mol. The van der Waals surface area contributed by atoms with Gasteiger partial charge in [0.25, 0.3) is 0 Å². The van der Waals surface area contributed by atoms with Crippen molar-refractivity contribution in [1.29, 1.82) is 0 Å². The van der Waals surface area contributed by atoms with Gasteiger partial charge in [0.05, 0.1) is 5.25 Å². The zero-order valence-corrected chi connectivity index (χ0v) is 13.4. The number of benzene rings is 2. The van der Waals surface area contributed by atoms with Crippen LogP contribution in [-0.4, -0.2) is 11.2 Å². The van der Waals surface area contributed by atoms with E-state index in [1.165, 1.54) is 12.1 Å². The maximum Gasteiger partial charge on any atom is 0.237 e. The van der Waals surface area contributed by atoms with E-state index in [-0.39, 0.29) is 10.8 Å². The van der Waals surface area contributed by atoms with Crippen molar-refractivity contribution in [3.8, 4) is 0 Å². The summed E-state index contributed by atoms with van der Waals surface area (Å²) in [5, 5.41) is 2.35. The number of aryl methyl sites for hydroxylation is 2. The van der Waals surface area contributed by atoms with Crippen LogP contribution in [0.15, 0.2) is 41.3 Å². The minimum Gasteiger partial charge on any atom is -0.325 e. The third-order valence-electron chi connectivity index (χ3n) is 3.22. The van der Waals surface area contributed by atoms with Gasteiger partial charge in [0.2, 0.25) is 5.91 Å². The van der Waals surface area contributed by atoms with E-state index in [2.05, 4.69) is 5.32 Å². The fourth-order valence-electron chi connectivity index (χ4n) is 1.92. The Bertz CT molecular complexity index is 703. The standard InChI is InChI=1S/C17H17F2NOS/c1-10-4-5-11(2)15(8-10)20-17(21)12(3)22-16-7-6-13(18)9-14(16)19/h4-9,12H,1-3H3,(H,20,21)/t12-/m1/s1. The Morgan fingerprint density at radius 1 is 1.14 bits per heavy atom. The van der Waals surface area contributed by atoms with Crippen LogP contribution in [0.4, 0.5) is 14.5 Å². The van der Waals surface area contributed by atoms with E-state index in [0.29, 0.717) is 0 Å². The lowest BCUT2D eigenvalue weighted by molar-refractivity contribution is -0.115. The summed E-state index contributed by atoms with van der Waals surface area (Å²) in [5.41, 5.74) is 2.76. The fraction of sp³-hybridized carbons (Fsp3) is 0.235. The minimum atomic E-state index is -0.656. The molecule has 0 radical (unpaired) electrons. The maximum absolute atomic E-state index is 13.6. The number of thioether (sulfide) groups is 1. The Morgan fingerprint density at radius 2 is 1.86 bits per heavy atom. The molecule has 0 bridgehead atoms. The molecule has 0 spiro atoms. The van der Waals surface area contributed by atoms with Gasteiger partial charge in [-0.05, 0) is 50.1 Å². The zero-order valence-electron chi connectivity index (χ0n) is 12.6. The van der Waals surface area contributed by atoms with Crippen molar-refractivity contribution in [3.63, 3.8) is 0 Å². The maximum atomic E-state index is 13.6. The van der Waals surface area contributed by atoms with Crippen LogP contribution in [-0.2, 0) is 4.79 Å². The van der Waals surface area contributed by atoms with Crippen LogP contribution in [0.5, 0.6) is 0 Å². The summed E-state index contributed by atoms with van der Waals surface area (Å²) in [4.78, 5) is 12.5. The lowest BCUT2D eigenvalue weighted by atomic mass is 10.1. The topological polar surface area (TPSA) is 29.1 Å². The quantitative estimate of drug-likeness (QED) is 0.827. The van der Waals surface area contributed by atoms with Crippen LogP contribution in [0.1, 0.15) is 18.1 Å². The van der Waals surface area contributed by atoms with Crippen molar-refractivity contribution in [2.24, 2.45) is 0 Å². The second-order valence-electron chi connectivity index (χ2n) is 5.14. The molecule has 2 rings (SSSR count). The number of rotatable bonds is 4. The molecule has 5 heteroatoms. The number of halogens is 2. The van der Waals surface area contributed by atoms with Gasteiger partial charge in [0.1, 0.15) is 11.6 Å². The van der Waals surface area contributed by atoms with Gasteiger partial charge in [-0.15, -0.1) is 11.8 Å². The van der Waals surface area contributed by atoms with Crippen molar-refractivity contribution >= 4 is 23.4 Å². The summed E-state index contributed by atoms with van der Waals surface area (Å²) in [7, 11) is 0. The molecule has 22 heavy (non-hydrogen) atoms. The molecule has 0 aliphatic heterocycles. The number of amides is 1. The molecule has 2 aromatic rings. The highest BCUT2D eigenvalue weighted by atomic mass is 32.2. The van der Waals surface area contributed by atoms with E-state index in [1.54, 1.807) is 6.92 Å². The lowest BCUT2D eigenvalue weighted by Crippen LogP contribution is -2.23. The summed E-state index contributed by atoms with van der Waals surface area (Å²) in [6.45, 7) is 5.54. The molecule has 0 fully saturated rings. The lowest BCUT2D eigenvalue weighted by Gasteiger charge is -2.14. The van der Waals surface area contributed by atoms with Crippen molar-refractivity contribution in [3.05, 3.63) is 59.2 Å². The van der Waals surface area contributed by atoms with Gasteiger partial charge in [-0.2, -0.15) is 0 Å². The number of hydrogen-bond donors (Lipinski definition) is 1. The molecule has 0 aliphatic rings. The Morgan fingerprint density at radius 3 is 2.55 bits per heavy atom. The average Bonchev–Trinajstić information content (AvgIpc) is 2.45. The second kappa shape index (κ2) is 6.92. The highest BCUT2D eigenvalue weighted by Gasteiger charge is 2.17. The highest BCUT2D eigenvalue weighted by Crippen LogP contribution is 2.27. The van der Waals surface area contributed by atoms with Gasteiger partial charge in [-0.25, -0.2) is 8.78 Å². The first kappa shape index (κ1) is 16.5. The highest BCUT2D eigenvalue weighted by molar-refractivity contribution is 8.00. The first-order valence-corrected chi connectivity index (χ1v) is 7.74. The first-order chi connectivity index (χ1) is 10.4. The van der Waals surface area contributed by atoms with E-state index >= 15 is 0 Å². The number of hydrogen-bond acceptors (Lipinski definition) is 2. The Kier molecular flexibility index (Phi) is 5.19. The molecule has 0 saturated heterocycles. The summed E-state index contributed by atoms with van der Waals surface area (Å²) < 4.78 is 26.5. The zero-order chi connectivity index (χ0) is 16.3. The van der Waals surface area contributed by atoms with Crippen LogP contribution in [0, 0.1) is 25.5 Å². The third kappa shape index (κ3) is 4.07. The predicted octanol–water partition coefficient (Wildman–Crippen LogP) is 4.70. The third-order valence-corrected chi connectivity index (χ3v) is 4.37. The molecular formula is C17H17F2NOS. The van der Waals surface area contributed by atoms with Crippen LogP contribution in [0.3, 0.4) is 0 Å². The molecule has 1 atom stereocenters. The SMILES string of the molecule is Cc1ccc(C)c(NC(=O)[C@@H](C)Sc2ccc(F)cc2F)c1. The van der Waals surface area contributed by atoms with Crippen LogP contribution >= 0.6 is 11.8 Å². The number of anilines is 1. The van der Waals surface area contributed by atoms with E-state index < -0.39 is 16.9 Å². The van der Waals surface area contributed by atoms with E-state index in [9.17, 15) is 13.6 Å². The summed E-state index contributed by atoms with van der Waals surface area (Å²) in [5.74, 6) is -1.51.